The first kappa shape index (κ1) is 10.7. The summed E-state index contributed by atoms with van der Waals surface area (Å²) in [4.78, 5) is 11.0. The molecule has 0 heterocycles. The standard InChI is InChI=1S/C10H14O2/c1-4-6-8-9(7-5-2)10(11)12-3/h4-5,8H,1-2,6-7H2,3H3. The van der Waals surface area contributed by atoms with Gasteiger partial charge in [0.1, 0.15) is 0 Å². The van der Waals surface area contributed by atoms with Gasteiger partial charge in [-0.15, -0.1) is 13.2 Å². The summed E-state index contributed by atoms with van der Waals surface area (Å²) >= 11 is 0. The average Bonchev–Trinajstić information content (AvgIpc) is 2.11. The van der Waals surface area contributed by atoms with Crippen molar-refractivity contribution in [3.63, 3.8) is 0 Å². The SMILES string of the molecule is C=CCC=C(CC=C)C(=O)OC. The van der Waals surface area contributed by atoms with E-state index in [2.05, 4.69) is 17.9 Å². The fourth-order valence-corrected chi connectivity index (χ4v) is 0.762. The molecule has 0 radical (unpaired) electrons. The molecule has 0 saturated carbocycles. The van der Waals surface area contributed by atoms with E-state index in [4.69, 9.17) is 0 Å². The van der Waals surface area contributed by atoms with Crippen molar-refractivity contribution in [2.45, 2.75) is 12.8 Å². The van der Waals surface area contributed by atoms with E-state index in [0.717, 1.165) is 0 Å². The predicted molar refractivity (Wildman–Crippen MR) is 49.7 cm³/mol. The predicted octanol–water partition coefficient (Wildman–Crippen LogP) is 2.24. The lowest BCUT2D eigenvalue weighted by atomic mass is 10.1. The Morgan fingerprint density at radius 1 is 1.42 bits per heavy atom. The van der Waals surface area contributed by atoms with E-state index in [9.17, 15) is 4.79 Å². The van der Waals surface area contributed by atoms with Crippen LogP contribution in [-0.2, 0) is 9.53 Å². The summed E-state index contributed by atoms with van der Waals surface area (Å²) in [5, 5.41) is 0. The quantitative estimate of drug-likeness (QED) is 0.355. The summed E-state index contributed by atoms with van der Waals surface area (Å²) in [5.74, 6) is -0.295. The molecule has 0 unspecified atom stereocenters. The molecule has 0 saturated heterocycles. The van der Waals surface area contributed by atoms with E-state index in [0.29, 0.717) is 18.4 Å². The molecule has 0 aromatic carbocycles. The van der Waals surface area contributed by atoms with Gasteiger partial charge in [-0.1, -0.05) is 18.2 Å². The van der Waals surface area contributed by atoms with Gasteiger partial charge >= 0.3 is 5.97 Å². The van der Waals surface area contributed by atoms with Crippen LogP contribution in [0, 0.1) is 0 Å². The fourth-order valence-electron chi connectivity index (χ4n) is 0.762. The number of hydrogen-bond acceptors (Lipinski definition) is 2. The van der Waals surface area contributed by atoms with Crippen LogP contribution in [0.15, 0.2) is 37.0 Å². The second-order valence-electron chi connectivity index (χ2n) is 2.24. The molecule has 0 amide bonds. The second-order valence-corrected chi connectivity index (χ2v) is 2.24. The van der Waals surface area contributed by atoms with Crippen molar-refractivity contribution in [1.29, 1.82) is 0 Å². The zero-order valence-electron chi connectivity index (χ0n) is 7.38. The van der Waals surface area contributed by atoms with E-state index >= 15 is 0 Å². The Labute approximate surface area is 73.2 Å². The van der Waals surface area contributed by atoms with Gasteiger partial charge in [-0.3, -0.25) is 0 Å². The highest BCUT2D eigenvalue weighted by Crippen LogP contribution is 2.05. The number of esters is 1. The number of carbonyl (C=O) groups is 1. The molecule has 0 aromatic rings. The third kappa shape index (κ3) is 3.76. The molecule has 12 heavy (non-hydrogen) atoms. The van der Waals surface area contributed by atoms with Crippen LogP contribution in [0.5, 0.6) is 0 Å². The van der Waals surface area contributed by atoms with Gasteiger partial charge in [0.15, 0.2) is 0 Å². The number of hydrogen-bond donors (Lipinski definition) is 0. The van der Waals surface area contributed by atoms with E-state index in [1.54, 1.807) is 18.2 Å². The van der Waals surface area contributed by atoms with E-state index < -0.39 is 0 Å². The molecule has 0 atom stereocenters. The minimum Gasteiger partial charge on any atom is -0.466 e. The summed E-state index contributed by atoms with van der Waals surface area (Å²) in [6.45, 7) is 7.11. The smallest absolute Gasteiger partial charge is 0.333 e. The van der Waals surface area contributed by atoms with Crippen molar-refractivity contribution in [2.75, 3.05) is 7.11 Å². The van der Waals surface area contributed by atoms with Crippen LogP contribution >= 0.6 is 0 Å². The van der Waals surface area contributed by atoms with Crippen LogP contribution < -0.4 is 0 Å². The molecular formula is C10H14O2. The molecule has 0 spiro atoms. The van der Waals surface area contributed by atoms with Gasteiger partial charge in [-0.2, -0.15) is 0 Å². The summed E-state index contributed by atoms with van der Waals surface area (Å²) < 4.78 is 4.57. The van der Waals surface area contributed by atoms with Gasteiger partial charge in [-0.05, 0) is 12.8 Å². The molecule has 0 aromatic heterocycles. The number of allylic oxidation sites excluding steroid dienone is 3. The van der Waals surface area contributed by atoms with Gasteiger partial charge in [0, 0.05) is 5.57 Å². The van der Waals surface area contributed by atoms with Crippen molar-refractivity contribution >= 4 is 5.97 Å². The topological polar surface area (TPSA) is 26.3 Å². The Bertz CT molecular complexity index is 202. The van der Waals surface area contributed by atoms with Crippen molar-refractivity contribution in [2.24, 2.45) is 0 Å². The Hall–Kier alpha value is -1.31. The first-order valence-corrected chi connectivity index (χ1v) is 3.75. The molecule has 0 N–H and O–H groups in total. The molecule has 66 valence electrons. The fraction of sp³-hybridized carbons (Fsp3) is 0.300. The molecule has 2 nitrogen and oxygen atoms in total. The average molecular weight is 166 g/mol. The van der Waals surface area contributed by atoms with E-state index in [-0.39, 0.29) is 5.97 Å². The maximum atomic E-state index is 11.0. The first-order chi connectivity index (χ1) is 5.76. The molecule has 0 rings (SSSR count). The van der Waals surface area contributed by atoms with E-state index in [1.807, 2.05) is 0 Å². The Morgan fingerprint density at radius 2 is 2.08 bits per heavy atom. The van der Waals surface area contributed by atoms with Crippen molar-refractivity contribution < 1.29 is 9.53 Å². The van der Waals surface area contributed by atoms with Crippen LogP contribution in [-0.4, -0.2) is 13.1 Å². The number of rotatable bonds is 5. The summed E-state index contributed by atoms with van der Waals surface area (Å²) in [6, 6.07) is 0. The minimum absolute atomic E-state index is 0.295. The lowest BCUT2D eigenvalue weighted by Crippen LogP contribution is -2.03. The Kier molecular flexibility index (Phi) is 5.70. The Morgan fingerprint density at radius 3 is 2.50 bits per heavy atom. The summed E-state index contributed by atoms with van der Waals surface area (Å²) in [7, 11) is 1.37. The number of methoxy groups -OCH3 is 1. The van der Waals surface area contributed by atoms with Gasteiger partial charge in [-0.25, -0.2) is 4.79 Å². The van der Waals surface area contributed by atoms with Crippen LogP contribution in [0.4, 0.5) is 0 Å². The molecular weight excluding hydrogens is 152 g/mol. The monoisotopic (exact) mass is 166 g/mol. The maximum Gasteiger partial charge on any atom is 0.333 e. The van der Waals surface area contributed by atoms with Gasteiger partial charge < -0.3 is 4.74 Å². The molecule has 0 aliphatic carbocycles. The highest BCUT2D eigenvalue weighted by Gasteiger charge is 2.05. The van der Waals surface area contributed by atoms with Crippen LogP contribution in [0.3, 0.4) is 0 Å². The molecule has 0 aliphatic rings. The van der Waals surface area contributed by atoms with Gasteiger partial charge in [0.2, 0.25) is 0 Å². The lowest BCUT2D eigenvalue weighted by Gasteiger charge is -2.00. The summed E-state index contributed by atoms with van der Waals surface area (Å²) in [5.41, 5.74) is 0.632. The van der Waals surface area contributed by atoms with Crippen molar-refractivity contribution in [3.05, 3.63) is 37.0 Å². The first-order valence-electron chi connectivity index (χ1n) is 3.75. The van der Waals surface area contributed by atoms with Crippen LogP contribution in [0.2, 0.25) is 0 Å². The normalized spacial score (nSPS) is 10.6. The van der Waals surface area contributed by atoms with Crippen molar-refractivity contribution in [1.82, 2.24) is 0 Å². The van der Waals surface area contributed by atoms with Crippen LogP contribution in [0.25, 0.3) is 0 Å². The lowest BCUT2D eigenvalue weighted by molar-refractivity contribution is -0.136. The van der Waals surface area contributed by atoms with E-state index in [1.165, 1.54) is 7.11 Å². The zero-order valence-corrected chi connectivity index (χ0v) is 7.38. The zero-order chi connectivity index (χ0) is 9.40. The summed E-state index contributed by atoms with van der Waals surface area (Å²) in [6.07, 6.45) is 6.41. The minimum atomic E-state index is -0.295. The van der Waals surface area contributed by atoms with Gasteiger partial charge in [0.05, 0.1) is 7.11 Å². The highest BCUT2D eigenvalue weighted by molar-refractivity contribution is 5.88. The highest BCUT2D eigenvalue weighted by atomic mass is 16.5. The van der Waals surface area contributed by atoms with Crippen molar-refractivity contribution in [3.8, 4) is 0 Å². The molecule has 0 fully saturated rings. The number of ether oxygens (including phenoxy) is 1. The maximum absolute atomic E-state index is 11.0. The molecule has 0 bridgehead atoms. The largest absolute Gasteiger partial charge is 0.466 e. The molecule has 0 aliphatic heterocycles. The van der Waals surface area contributed by atoms with Crippen LogP contribution in [0.1, 0.15) is 12.8 Å². The third-order valence-corrected chi connectivity index (χ3v) is 1.34. The van der Waals surface area contributed by atoms with Gasteiger partial charge in [0.25, 0.3) is 0 Å². The third-order valence-electron chi connectivity index (χ3n) is 1.34. The molecule has 2 heteroatoms. The number of carbonyl (C=O) groups excluding carboxylic acids is 1. The second kappa shape index (κ2) is 6.40. The Balaban J connectivity index is 4.29.